The second-order valence-electron chi connectivity index (χ2n) is 7.45. The summed E-state index contributed by atoms with van der Waals surface area (Å²) in [6.07, 6.45) is 1.15. The lowest BCUT2D eigenvalue weighted by Crippen LogP contribution is -2.39. The Morgan fingerprint density at radius 3 is 2.53 bits per heavy atom. The molecule has 3 rings (SSSR count). The number of Topliss-reactive ketones (excluding diaryl/α,β-unsaturated/α-hetero) is 1. The first-order chi connectivity index (χ1) is 14.2. The zero-order chi connectivity index (χ0) is 21.8. The summed E-state index contributed by atoms with van der Waals surface area (Å²) in [7, 11) is 0. The second kappa shape index (κ2) is 9.19. The van der Waals surface area contributed by atoms with E-state index in [2.05, 4.69) is 15.6 Å². The standard InChI is InChI=1S/C21H26N4O5/c1-12(13(2)26)22-16-6-4-15(5-7-16)20(28)23-18-10-11-25(21(29)24-18)19-9-8-17(27)14(3)30-19/h4-7,10-12,14,17,19,22,27H,8-9H2,1-3H3,(H,23,24,28,29). The molecule has 0 saturated carbocycles. The number of rotatable bonds is 6. The van der Waals surface area contributed by atoms with Crippen LogP contribution in [0.4, 0.5) is 11.5 Å². The number of amides is 1. The molecular weight excluding hydrogens is 388 g/mol. The highest BCUT2D eigenvalue weighted by atomic mass is 16.5. The Morgan fingerprint density at radius 2 is 1.93 bits per heavy atom. The molecular formula is C21H26N4O5. The van der Waals surface area contributed by atoms with E-state index in [1.165, 1.54) is 23.8 Å². The number of aliphatic hydroxyl groups excluding tert-OH is 1. The van der Waals surface area contributed by atoms with Gasteiger partial charge >= 0.3 is 5.69 Å². The average molecular weight is 414 g/mol. The Kier molecular flexibility index (Phi) is 6.63. The predicted molar refractivity (Wildman–Crippen MR) is 111 cm³/mol. The molecule has 1 aliphatic rings. The van der Waals surface area contributed by atoms with Crippen LogP contribution in [-0.4, -0.2) is 44.6 Å². The molecule has 9 nitrogen and oxygen atoms in total. The third-order valence-corrected chi connectivity index (χ3v) is 5.14. The Hall–Kier alpha value is -3.04. The van der Waals surface area contributed by atoms with Crippen LogP contribution in [0.1, 0.15) is 50.2 Å². The number of hydrogen-bond donors (Lipinski definition) is 3. The molecule has 1 aliphatic heterocycles. The summed E-state index contributed by atoms with van der Waals surface area (Å²) < 4.78 is 7.02. The van der Waals surface area contributed by atoms with Gasteiger partial charge in [-0.15, -0.1) is 0 Å². The van der Waals surface area contributed by atoms with Gasteiger partial charge in [0.25, 0.3) is 5.91 Å². The molecule has 4 unspecified atom stereocenters. The molecule has 0 spiro atoms. The van der Waals surface area contributed by atoms with Crippen LogP contribution in [-0.2, 0) is 9.53 Å². The number of ketones is 1. The first-order valence-electron chi connectivity index (χ1n) is 9.85. The molecule has 4 atom stereocenters. The number of nitrogens with zero attached hydrogens (tertiary/aromatic N) is 2. The van der Waals surface area contributed by atoms with E-state index in [-0.39, 0.29) is 23.7 Å². The summed E-state index contributed by atoms with van der Waals surface area (Å²) in [6.45, 7) is 5.02. The minimum atomic E-state index is -0.546. The SMILES string of the molecule is CC(=O)C(C)Nc1ccc(C(=O)Nc2ccn(C3CCC(O)C(C)O3)c(=O)n2)cc1. The Morgan fingerprint density at radius 1 is 1.23 bits per heavy atom. The number of anilines is 2. The van der Waals surface area contributed by atoms with Crippen molar-refractivity contribution in [2.75, 3.05) is 10.6 Å². The van der Waals surface area contributed by atoms with Gasteiger partial charge in [0.1, 0.15) is 12.0 Å². The molecule has 9 heteroatoms. The summed E-state index contributed by atoms with van der Waals surface area (Å²) in [5.41, 5.74) is 0.571. The Bertz CT molecular complexity index is 972. The van der Waals surface area contributed by atoms with E-state index >= 15 is 0 Å². The van der Waals surface area contributed by atoms with Gasteiger partial charge in [-0.05, 0) is 63.9 Å². The van der Waals surface area contributed by atoms with Gasteiger partial charge in [0.2, 0.25) is 0 Å². The number of nitrogens with one attached hydrogen (secondary N) is 2. The third kappa shape index (κ3) is 5.11. The molecule has 2 heterocycles. The van der Waals surface area contributed by atoms with Crippen LogP contribution >= 0.6 is 0 Å². The van der Waals surface area contributed by atoms with Crippen LogP contribution in [0.5, 0.6) is 0 Å². The molecule has 1 aromatic carbocycles. The number of ether oxygens (including phenoxy) is 1. The molecule has 160 valence electrons. The summed E-state index contributed by atoms with van der Waals surface area (Å²) in [6, 6.07) is 7.86. The van der Waals surface area contributed by atoms with E-state index in [0.717, 1.165) is 5.69 Å². The molecule has 2 aromatic rings. The van der Waals surface area contributed by atoms with Crippen LogP contribution in [0.2, 0.25) is 0 Å². The van der Waals surface area contributed by atoms with Crippen molar-refractivity contribution in [2.45, 2.75) is 58.1 Å². The second-order valence-corrected chi connectivity index (χ2v) is 7.45. The van der Waals surface area contributed by atoms with Crippen molar-refractivity contribution >= 4 is 23.2 Å². The van der Waals surface area contributed by atoms with Gasteiger partial charge < -0.3 is 20.5 Å². The van der Waals surface area contributed by atoms with Gasteiger partial charge in [0, 0.05) is 17.4 Å². The van der Waals surface area contributed by atoms with Crippen molar-refractivity contribution in [1.29, 1.82) is 0 Å². The fraction of sp³-hybridized carbons (Fsp3) is 0.429. The zero-order valence-corrected chi connectivity index (χ0v) is 17.2. The monoisotopic (exact) mass is 414 g/mol. The van der Waals surface area contributed by atoms with Crippen molar-refractivity contribution < 1.29 is 19.4 Å². The van der Waals surface area contributed by atoms with E-state index < -0.39 is 23.9 Å². The van der Waals surface area contributed by atoms with Crippen LogP contribution in [0, 0.1) is 0 Å². The van der Waals surface area contributed by atoms with Crippen molar-refractivity contribution in [2.24, 2.45) is 0 Å². The highest BCUT2D eigenvalue weighted by Gasteiger charge is 2.28. The topological polar surface area (TPSA) is 123 Å². The summed E-state index contributed by atoms with van der Waals surface area (Å²) in [5.74, 6) is -0.254. The van der Waals surface area contributed by atoms with Gasteiger partial charge in [-0.25, -0.2) is 4.79 Å². The van der Waals surface area contributed by atoms with E-state index in [0.29, 0.717) is 18.4 Å². The van der Waals surface area contributed by atoms with Crippen LogP contribution in [0.25, 0.3) is 0 Å². The maximum atomic E-state index is 12.4. The molecule has 1 aromatic heterocycles. The maximum absolute atomic E-state index is 12.4. The Labute approximate surface area is 174 Å². The van der Waals surface area contributed by atoms with E-state index in [1.54, 1.807) is 38.1 Å². The van der Waals surface area contributed by atoms with Gasteiger partial charge in [-0.1, -0.05) is 0 Å². The summed E-state index contributed by atoms with van der Waals surface area (Å²) >= 11 is 0. The van der Waals surface area contributed by atoms with Crippen LogP contribution in [0.3, 0.4) is 0 Å². The van der Waals surface area contributed by atoms with E-state index in [1.807, 2.05) is 0 Å². The molecule has 1 fully saturated rings. The van der Waals surface area contributed by atoms with Gasteiger partial charge in [-0.2, -0.15) is 4.98 Å². The fourth-order valence-electron chi connectivity index (χ4n) is 3.12. The minimum Gasteiger partial charge on any atom is -0.390 e. The molecule has 1 saturated heterocycles. The van der Waals surface area contributed by atoms with Crippen molar-refractivity contribution in [1.82, 2.24) is 9.55 Å². The lowest BCUT2D eigenvalue weighted by Gasteiger charge is -2.32. The number of aliphatic hydroxyl groups is 1. The average Bonchev–Trinajstić information content (AvgIpc) is 2.70. The molecule has 0 aliphatic carbocycles. The first-order valence-corrected chi connectivity index (χ1v) is 9.85. The van der Waals surface area contributed by atoms with Gasteiger partial charge in [0.05, 0.1) is 18.2 Å². The van der Waals surface area contributed by atoms with Gasteiger partial charge in [0.15, 0.2) is 5.78 Å². The fourth-order valence-corrected chi connectivity index (χ4v) is 3.12. The maximum Gasteiger partial charge on any atom is 0.351 e. The normalized spacial score (nSPS) is 22.2. The lowest BCUT2D eigenvalue weighted by molar-refractivity contribution is -0.139. The minimum absolute atomic E-state index is 0.0156. The van der Waals surface area contributed by atoms with Crippen LogP contribution < -0.4 is 16.3 Å². The largest absolute Gasteiger partial charge is 0.390 e. The highest BCUT2D eigenvalue weighted by Crippen LogP contribution is 2.25. The third-order valence-electron chi connectivity index (χ3n) is 5.14. The molecule has 0 bridgehead atoms. The van der Waals surface area contributed by atoms with Crippen molar-refractivity contribution in [3.05, 3.63) is 52.6 Å². The summed E-state index contributed by atoms with van der Waals surface area (Å²) in [5, 5.41) is 15.4. The zero-order valence-electron chi connectivity index (χ0n) is 17.2. The highest BCUT2D eigenvalue weighted by molar-refractivity contribution is 6.03. The van der Waals surface area contributed by atoms with E-state index in [4.69, 9.17) is 4.74 Å². The summed E-state index contributed by atoms with van der Waals surface area (Å²) in [4.78, 5) is 40.1. The smallest absolute Gasteiger partial charge is 0.351 e. The lowest BCUT2D eigenvalue weighted by atomic mass is 10.1. The predicted octanol–water partition coefficient (Wildman–Crippen LogP) is 1.94. The first kappa shape index (κ1) is 21.7. The molecule has 30 heavy (non-hydrogen) atoms. The number of benzene rings is 1. The molecule has 0 radical (unpaired) electrons. The van der Waals surface area contributed by atoms with Crippen LogP contribution in [0.15, 0.2) is 41.3 Å². The Balaban J connectivity index is 1.65. The van der Waals surface area contributed by atoms with Gasteiger partial charge in [-0.3, -0.25) is 14.2 Å². The number of aromatic nitrogens is 2. The molecule has 1 amide bonds. The number of carbonyl (C=O) groups is 2. The van der Waals surface area contributed by atoms with E-state index in [9.17, 15) is 19.5 Å². The van der Waals surface area contributed by atoms with Crippen molar-refractivity contribution in [3.63, 3.8) is 0 Å². The molecule has 3 N–H and O–H groups in total. The number of carbonyl (C=O) groups excluding carboxylic acids is 2. The quantitative estimate of drug-likeness (QED) is 0.660. The van der Waals surface area contributed by atoms with Crippen molar-refractivity contribution in [3.8, 4) is 0 Å². The number of hydrogen-bond acceptors (Lipinski definition) is 7.